The van der Waals surface area contributed by atoms with Crippen LogP contribution in [0.25, 0.3) is 0 Å². The Kier molecular flexibility index (Phi) is 3.29. The van der Waals surface area contributed by atoms with Crippen molar-refractivity contribution in [1.82, 2.24) is 4.90 Å². The molecule has 3 rings (SSSR count). The van der Waals surface area contributed by atoms with Gasteiger partial charge in [-0.3, -0.25) is 9.69 Å². The van der Waals surface area contributed by atoms with Gasteiger partial charge < -0.3 is 10.2 Å². The smallest absolute Gasteiger partial charge is 0.176 e. The number of fused-ring (bicyclic) bond motifs is 1. The Morgan fingerprint density at radius 3 is 2.32 bits per heavy atom. The number of carbonyl (C=O) groups excluding carboxylic acids is 1. The van der Waals surface area contributed by atoms with Gasteiger partial charge in [0.15, 0.2) is 5.78 Å². The van der Waals surface area contributed by atoms with Crippen LogP contribution in [0.1, 0.15) is 23.2 Å². The van der Waals surface area contributed by atoms with Crippen molar-refractivity contribution in [3.05, 3.63) is 29.8 Å². The molecule has 1 aromatic carbocycles. The standard InChI is InChI=1S/C15H19NO3/c17-13-3-1-10(2-4-13)15(19)9-16-7-11-5-14(18)6-12(11)8-16/h1-4,11-12,14,17-18H,5-9H2. The SMILES string of the molecule is O=C(CN1CC2CC(O)CC2C1)c1ccc(O)cc1. The van der Waals surface area contributed by atoms with E-state index in [9.17, 15) is 15.0 Å². The first kappa shape index (κ1) is 12.6. The molecule has 1 saturated carbocycles. The molecular weight excluding hydrogens is 242 g/mol. The first-order chi connectivity index (χ1) is 9.11. The van der Waals surface area contributed by atoms with Crippen molar-refractivity contribution in [3.63, 3.8) is 0 Å². The number of ketones is 1. The molecule has 2 N–H and O–H groups in total. The molecule has 2 unspecified atom stereocenters. The lowest BCUT2D eigenvalue weighted by molar-refractivity contribution is 0.0935. The van der Waals surface area contributed by atoms with Gasteiger partial charge in [-0.1, -0.05) is 0 Å². The summed E-state index contributed by atoms with van der Waals surface area (Å²) in [5.41, 5.74) is 0.648. The van der Waals surface area contributed by atoms with Gasteiger partial charge in [0.2, 0.25) is 0 Å². The minimum Gasteiger partial charge on any atom is -0.508 e. The zero-order valence-corrected chi connectivity index (χ0v) is 10.8. The minimum atomic E-state index is -0.134. The molecule has 1 saturated heterocycles. The van der Waals surface area contributed by atoms with Gasteiger partial charge in [0.05, 0.1) is 12.6 Å². The van der Waals surface area contributed by atoms with E-state index in [1.807, 2.05) is 0 Å². The Hall–Kier alpha value is -1.39. The zero-order valence-electron chi connectivity index (χ0n) is 10.8. The van der Waals surface area contributed by atoms with E-state index in [0.717, 1.165) is 25.9 Å². The van der Waals surface area contributed by atoms with E-state index in [2.05, 4.69) is 4.90 Å². The molecule has 102 valence electrons. The van der Waals surface area contributed by atoms with Gasteiger partial charge in [-0.15, -0.1) is 0 Å². The Balaban J connectivity index is 1.58. The van der Waals surface area contributed by atoms with Gasteiger partial charge in [0, 0.05) is 18.7 Å². The third-order valence-electron chi connectivity index (χ3n) is 4.36. The summed E-state index contributed by atoms with van der Waals surface area (Å²) in [4.78, 5) is 14.3. The van der Waals surface area contributed by atoms with Gasteiger partial charge in [0.1, 0.15) is 5.75 Å². The van der Waals surface area contributed by atoms with Gasteiger partial charge in [-0.2, -0.15) is 0 Å². The molecule has 1 aliphatic carbocycles. The number of aliphatic hydroxyl groups is 1. The maximum Gasteiger partial charge on any atom is 0.176 e. The molecule has 0 aromatic heterocycles. The van der Waals surface area contributed by atoms with E-state index in [1.165, 1.54) is 0 Å². The topological polar surface area (TPSA) is 60.8 Å². The Morgan fingerprint density at radius 2 is 1.74 bits per heavy atom. The molecule has 2 atom stereocenters. The monoisotopic (exact) mass is 261 g/mol. The molecule has 0 radical (unpaired) electrons. The summed E-state index contributed by atoms with van der Waals surface area (Å²) in [6.45, 7) is 2.28. The number of Topliss-reactive ketones (excluding diaryl/α,β-unsaturated/α-hetero) is 1. The number of aliphatic hydroxyl groups excluding tert-OH is 1. The van der Waals surface area contributed by atoms with Gasteiger partial charge >= 0.3 is 0 Å². The van der Waals surface area contributed by atoms with E-state index in [1.54, 1.807) is 24.3 Å². The van der Waals surface area contributed by atoms with Crippen LogP contribution in [0.5, 0.6) is 5.75 Å². The van der Waals surface area contributed by atoms with E-state index in [-0.39, 0.29) is 17.6 Å². The van der Waals surface area contributed by atoms with Crippen molar-refractivity contribution in [2.24, 2.45) is 11.8 Å². The first-order valence-electron chi connectivity index (χ1n) is 6.84. The molecule has 1 aromatic rings. The highest BCUT2D eigenvalue weighted by molar-refractivity contribution is 5.97. The van der Waals surface area contributed by atoms with Crippen LogP contribution >= 0.6 is 0 Å². The van der Waals surface area contributed by atoms with Crippen molar-refractivity contribution in [1.29, 1.82) is 0 Å². The number of nitrogens with zero attached hydrogens (tertiary/aromatic N) is 1. The van der Waals surface area contributed by atoms with E-state index in [0.29, 0.717) is 23.9 Å². The van der Waals surface area contributed by atoms with E-state index < -0.39 is 0 Å². The van der Waals surface area contributed by atoms with Gasteiger partial charge in [-0.25, -0.2) is 0 Å². The van der Waals surface area contributed by atoms with Gasteiger partial charge in [0.25, 0.3) is 0 Å². The molecule has 19 heavy (non-hydrogen) atoms. The molecule has 1 aliphatic heterocycles. The number of phenols is 1. The molecular formula is C15H19NO3. The zero-order chi connectivity index (χ0) is 13.4. The molecule has 2 aliphatic rings. The second-order valence-electron chi connectivity index (χ2n) is 5.81. The molecule has 0 spiro atoms. The van der Waals surface area contributed by atoms with Crippen LogP contribution in [0.2, 0.25) is 0 Å². The van der Waals surface area contributed by atoms with Crippen molar-refractivity contribution in [2.45, 2.75) is 18.9 Å². The summed E-state index contributed by atoms with van der Waals surface area (Å²) in [5.74, 6) is 1.40. The highest BCUT2D eigenvalue weighted by Gasteiger charge is 2.40. The fourth-order valence-electron chi connectivity index (χ4n) is 3.44. The number of aromatic hydroxyl groups is 1. The lowest BCUT2D eigenvalue weighted by Gasteiger charge is -2.16. The number of likely N-dealkylation sites (tertiary alicyclic amines) is 1. The first-order valence-corrected chi connectivity index (χ1v) is 6.84. The van der Waals surface area contributed by atoms with Crippen LogP contribution in [-0.2, 0) is 0 Å². The quantitative estimate of drug-likeness (QED) is 0.805. The van der Waals surface area contributed by atoms with Gasteiger partial charge in [-0.05, 0) is 48.9 Å². The Labute approximate surface area is 112 Å². The number of hydrogen-bond donors (Lipinski definition) is 2. The predicted octanol–water partition coefficient (Wildman–Crippen LogP) is 1.28. The largest absolute Gasteiger partial charge is 0.508 e. The lowest BCUT2D eigenvalue weighted by Crippen LogP contribution is -2.29. The molecule has 0 amide bonds. The van der Waals surface area contributed by atoms with Crippen molar-refractivity contribution >= 4 is 5.78 Å². The minimum absolute atomic E-state index is 0.0977. The normalized spacial score (nSPS) is 30.5. The fraction of sp³-hybridized carbons (Fsp3) is 0.533. The molecule has 1 heterocycles. The fourth-order valence-corrected chi connectivity index (χ4v) is 3.44. The van der Waals surface area contributed by atoms with Crippen LogP contribution in [0.15, 0.2) is 24.3 Å². The average molecular weight is 261 g/mol. The summed E-state index contributed by atoms with van der Waals surface area (Å²) in [7, 11) is 0. The molecule has 0 bridgehead atoms. The van der Waals surface area contributed by atoms with E-state index >= 15 is 0 Å². The number of hydrogen-bond acceptors (Lipinski definition) is 4. The summed E-state index contributed by atoms with van der Waals surface area (Å²) in [6.07, 6.45) is 1.63. The van der Waals surface area contributed by atoms with Crippen LogP contribution in [0.3, 0.4) is 0 Å². The van der Waals surface area contributed by atoms with Crippen LogP contribution in [-0.4, -0.2) is 46.6 Å². The molecule has 2 fully saturated rings. The van der Waals surface area contributed by atoms with Crippen LogP contribution in [0.4, 0.5) is 0 Å². The maximum atomic E-state index is 12.1. The average Bonchev–Trinajstić information content (AvgIpc) is 2.86. The second kappa shape index (κ2) is 4.94. The van der Waals surface area contributed by atoms with Crippen molar-refractivity contribution in [2.75, 3.05) is 19.6 Å². The maximum absolute atomic E-state index is 12.1. The number of carbonyl (C=O) groups is 1. The molecule has 4 heteroatoms. The number of phenolic OH excluding ortho intramolecular Hbond substituents is 1. The van der Waals surface area contributed by atoms with E-state index in [4.69, 9.17) is 0 Å². The number of benzene rings is 1. The third kappa shape index (κ3) is 2.65. The summed E-state index contributed by atoms with van der Waals surface area (Å²) < 4.78 is 0. The van der Waals surface area contributed by atoms with Crippen LogP contribution in [0, 0.1) is 11.8 Å². The van der Waals surface area contributed by atoms with Crippen molar-refractivity contribution < 1.29 is 15.0 Å². The van der Waals surface area contributed by atoms with Crippen LogP contribution < -0.4 is 0 Å². The highest BCUT2D eigenvalue weighted by Crippen LogP contribution is 2.37. The summed E-state index contributed by atoms with van der Waals surface area (Å²) in [6, 6.07) is 6.42. The predicted molar refractivity (Wildman–Crippen MR) is 71.1 cm³/mol. The third-order valence-corrected chi connectivity index (χ3v) is 4.36. The van der Waals surface area contributed by atoms with Crippen molar-refractivity contribution in [3.8, 4) is 5.75 Å². The second-order valence-corrected chi connectivity index (χ2v) is 5.81. The Bertz CT molecular complexity index is 457. The lowest BCUT2D eigenvalue weighted by atomic mass is 10.0. The summed E-state index contributed by atoms with van der Waals surface area (Å²) in [5, 5.41) is 18.8. The summed E-state index contributed by atoms with van der Waals surface area (Å²) >= 11 is 0. The number of rotatable bonds is 3. The Morgan fingerprint density at radius 1 is 1.16 bits per heavy atom. The molecule has 4 nitrogen and oxygen atoms in total. The highest BCUT2D eigenvalue weighted by atomic mass is 16.3.